The minimum absolute atomic E-state index is 0.123. The molecule has 0 spiro atoms. The van der Waals surface area contributed by atoms with Crippen molar-refractivity contribution in [2.45, 2.75) is 20.3 Å². The topological polar surface area (TPSA) is 68.9 Å². The van der Waals surface area contributed by atoms with E-state index in [-0.39, 0.29) is 18.0 Å². The van der Waals surface area contributed by atoms with Crippen molar-refractivity contribution in [2.24, 2.45) is 0 Å². The Hall–Kier alpha value is -2.95. The van der Waals surface area contributed by atoms with Crippen LogP contribution in [0.25, 0.3) is 22.1 Å². The predicted molar refractivity (Wildman–Crippen MR) is 89.8 cm³/mol. The largest absolute Gasteiger partial charge is 0.508 e. The van der Waals surface area contributed by atoms with Crippen LogP contribution in [0.4, 0.5) is 0 Å². The van der Waals surface area contributed by atoms with Gasteiger partial charge < -0.3 is 19.0 Å². The van der Waals surface area contributed by atoms with Crippen LogP contribution in [-0.2, 0) is 6.42 Å². The van der Waals surface area contributed by atoms with E-state index in [1.807, 2.05) is 13.0 Å². The van der Waals surface area contributed by atoms with Crippen molar-refractivity contribution in [1.82, 2.24) is 0 Å². The van der Waals surface area contributed by atoms with Crippen LogP contribution in [0.1, 0.15) is 18.2 Å². The van der Waals surface area contributed by atoms with Crippen LogP contribution in [0.2, 0.25) is 0 Å². The van der Waals surface area contributed by atoms with Crippen LogP contribution in [0.15, 0.2) is 39.5 Å². The highest BCUT2D eigenvalue weighted by Gasteiger charge is 2.19. The summed E-state index contributed by atoms with van der Waals surface area (Å²) in [7, 11) is 0. The molecule has 5 heteroatoms. The van der Waals surface area contributed by atoms with Gasteiger partial charge >= 0.3 is 0 Å². The molecule has 3 aromatic rings. The minimum Gasteiger partial charge on any atom is -0.508 e. The van der Waals surface area contributed by atoms with Gasteiger partial charge in [-0.2, -0.15) is 0 Å². The van der Waals surface area contributed by atoms with E-state index in [1.165, 1.54) is 6.07 Å². The lowest BCUT2D eigenvalue weighted by Crippen LogP contribution is -2.08. The molecule has 0 radical (unpaired) electrons. The van der Waals surface area contributed by atoms with Crippen molar-refractivity contribution in [3.63, 3.8) is 0 Å². The first kappa shape index (κ1) is 14.6. The summed E-state index contributed by atoms with van der Waals surface area (Å²) < 4.78 is 16.5. The first-order valence-electron chi connectivity index (χ1n) is 7.77. The summed E-state index contributed by atoms with van der Waals surface area (Å²) in [5.41, 5.74) is 2.20. The van der Waals surface area contributed by atoms with Gasteiger partial charge in [-0.25, -0.2) is 0 Å². The molecule has 0 unspecified atom stereocenters. The second-order valence-corrected chi connectivity index (χ2v) is 5.76. The number of aromatic hydroxyl groups is 1. The molecule has 1 N–H and O–H groups in total. The van der Waals surface area contributed by atoms with E-state index in [1.54, 1.807) is 25.1 Å². The van der Waals surface area contributed by atoms with E-state index in [0.29, 0.717) is 40.2 Å². The molecule has 24 heavy (non-hydrogen) atoms. The Balaban J connectivity index is 1.99. The first-order valence-corrected chi connectivity index (χ1v) is 7.77. The molecule has 5 nitrogen and oxygen atoms in total. The van der Waals surface area contributed by atoms with Gasteiger partial charge in [-0.15, -0.1) is 0 Å². The average Bonchev–Trinajstić information content (AvgIpc) is 3.02. The first-order chi connectivity index (χ1) is 11.6. The molecular formula is C19H16O5. The molecule has 1 aliphatic heterocycles. The fourth-order valence-corrected chi connectivity index (χ4v) is 3.06. The predicted octanol–water partition coefficient (Wildman–Crippen LogP) is 3.77. The lowest BCUT2D eigenvalue weighted by atomic mass is 10.0. The lowest BCUT2D eigenvalue weighted by molar-refractivity contribution is 0.174. The number of hydrogen-bond acceptors (Lipinski definition) is 5. The van der Waals surface area contributed by atoms with Crippen LogP contribution < -0.4 is 14.9 Å². The summed E-state index contributed by atoms with van der Waals surface area (Å²) in [6.07, 6.45) is 0.633. The molecule has 0 fully saturated rings. The van der Waals surface area contributed by atoms with Crippen LogP contribution in [0, 0.1) is 6.92 Å². The van der Waals surface area contributed by atoms with Gasteiger partial charge in [0.05, 0.1) is 10.9 Å². The summed E-state index contributed by atoms with van der Waals surface area (Å²) in [5, 5.41) is 10.5. The van der Waals surface area contributed by atoms with Crippen molar-refractivity contribution >= 4 is 11.0 Å². The third kappa shape index (κ3) is 2.12. The number of ether oxygens (including phenoxy) is 2. The van der Waals surface area contributed by atoms with E-state index < -0.39 is 0 Å². The van der Waals surface area contributed by atoms with Gasteiger partial charge in [0.25, 0.3) is 0 Å². The van der Waals surface area contributed by atoms with E-state index in [0.717, 1.165) is 11.1 Å². The van der Waals surface area contributed by atoms with Gasteiger partial charge in [0.15, 0.2) is 11.5 Å². The summed E-state index contributed by atoms with van der Waals surface area (Å²) in [6.45, 7) is 3.85. The zero-order chi connectivity index (χ0) is 16.8. The van der Waals surface area contributed by atoms with Gasteiger partial charge in [-0.3, -0.25) is 4.79 Å². The summed E-state index contributed by atoms with van der Waals surface area (Å²) in [6, 6.07) is 8.60. The standard InChI is InChI=1S/C19H16O5/c1-3-11-6-13-16(8-14(11)20)24-10(2)18(19(13)21)12-4-5-15-17(7-12)23-9-22-15/h4-8,20H,3,9H2,1-2H3. The maximum absolute atomic E-state index is 13.0. The molecule has 2 aromatic carbocycles. The molecule has 122 valence electrons. The zero-order valence-corrected chi connectivity index (χ0v) is 13.4. The van der Waals surface area contributed by atoms with Crippen LogP contribution in [0.3, 0.4) is 0 Å². The normalized spacial score (nSPS) is 12.8. The van der Waals surface area contributed by atoms with Gasteiger partial charge in [-0.1, -0.05) is 13.0 Å². The number of phenols is 1. The SMILES string of the molecule is CCc1cc2c(=O)c(-c3ccc4c(c3)OCO4)c(C)oc2cc1O. The van der Waals surface area contributed by atoms with Crippen molar-refractivity contribution in [3.8, 4) is 28.4 Å². The Labute approximate surface area is 138 Å². The minimum atomic E-state index is -0.123. The number of fused-ring (bicyclic) bond motifs is 2. The second kappa shape index (κ2) is 5.30. The molecular weight excluding hydrogens is 308 g/mol. The van der Waals surface area contributed by atoms with Gasteiger partial charge in [0, 0.05) is 6.07 Å². The smallest absolute Gasteiger partial charge is 0.231 e. The second-order valence-electron chi connectivity index (χ2n) is 5.76. The Morgan fingerprint density at radius 2 is 1.92 bits per heavy atom. The molecule has 0 amide bonds. The average molecular weight is 324 g/mol. The third-order valence-corrected chi connectivity index (χ3v) is 4.31. The number of hydrogen-bond donors (Lipinski definition) is 1. The van der Waals surface area contributed by atoms with Gasteiger partial charge in [-0.05, 0) is 42.7 Å². The number of aryl methyl sites for hydroxylation is 2. The molecule has 0 atom stereocenters. The van der Waals surface area contributed by atoms with Crippen LogP contribution >= 0.6 is 0 Å². The summed E-state index contributed by atoms with van der Waals surface area (Å²) in [4.78, 5) is 13.0. The third-order valence-electron chi connectivity index (χ3n) is 4.31. The van der Waals surface area contributed by atoms with E-state index in [4.69, 9.17) is 13.9 Å². The molecule has 2 heterocycles. The fraction of sp³-hybridized carbons (Fsp3) is 0.211. The highest BCUT2D eigenvalue weighted by atomic mass is 16.7. The molecule has 0 saturated heterocycles. The quantitative estimate of drug-likeness (QED) is 0.777. The van der Waals surface area contributed by atoms with Crippen LogP contribution in [-0.4, -0.2) is 11.9 Å². The molecule has 0 saturated carbocycles. The van der Waals surface area contributed by atoms with Gasteiger partial charge in [0.1, 0.15) is 17.1 Å². The maximum atomic E-state index is 13.0. The molecule has 1 aromatic heterocycles. The lowest BCUT2D eigenvalue weighted by Gasteiger charge is -2.09. The van der Waals surface area contributed by atoms with Crippen molar-refractivity contribution in [1.29, 1.82) is 0 Å². The number of phenolic OH excluding ortho intramolecular Hbond substituents is 1. The highest BCUT2D eigenvalue weighted by Crippen LogP contribution is 2.36. The number of benzene rings is 2. The summed E-state index contributed by atoms with van der Waals surface area (Å²) in [5.74, 6) is 1.92. The molecule has 4 rings (SSSR count). The van der Waals surface area contributed by atoms with Gasteiger partial charge in [0.2, 0.25) is 12.2 Å². The Morgan fingerprint density at radius 1 is 1.12 bits per heavy atom. The molecule has 0 aliphatic carbocycles. The molecule has 0 bridgehead atoms. The highest BCUT2D eigenvalue weighted by molar-refractivity contribution is 5.85. The van der Waals surface area contributed by atoms with Crippen molar-refractivity contribution < 1.29 is 19.0 Å². The van der Waals surface area contributed by atoms with E-state index >= 15 is 0 Å². The Bertz CT molecular complexity index is 1020. The maximum Gasteiger partial charge on any atom is 0.231 e. The molecule has 1 aliphatic rings. The number of rotatable bonds is 2. The monoisotopic (exact) mass is 324 g/mol. The fourth-order valence-electron chi connectivity index (χ4n) is 3.06. The van der Waals surface area contributed by atoms with Crippen molar-refractivity contribution in [2.75, 3.05) is 6.79 Å². The Kier molecular flexibility index (Phi) is 3.23. The van der Waals surface area contributed by atoms with E-state index in [9.17, 15) is 9.90 Å². The van der Waals surface area contributed by atoms with Crippen molar-refractivity contribution in [3.05, 3.63) is 51.9 Å². The van der Waals surface area contributed by atoms with Crippen LogP contribution in [0.5, 0.6) is 17.2 Å². The summed E-state index contributed by atoms with van der Waals surface area (Å²) >= 11 is 0. The van der Waals surface area contributed by atoms with E-state index in [2.05, 4.69) is 0 Å². The zero-order valence-electron chi connectivity index (χ0n) is 13.4. The Morgan fingerprint density at radius 3 is 2.71 bits per heavy atom.